The van der Waals surface area contributed by atoms with Gasteiger partial charge in [-0.3, -0.25) is 4.21 Å². The number of hydrogen-bond acceptors (Lipinski definition) is 4. The van der Waals surface area contributed by atoms with E-state index in [2.05, 4.69) is 10.6 Å². The van der Waals surface area contributed by atoms with E-state index in [9.17, 15) is 9.00 Å². The molecule has 0 heterocycles. The summed E-state index contributed by atoms with van der Waals surface area (Å²) in [5.74, 6) is 0. The van der Waals surface area contributed by atoms with Gasteiger partial charge in [-0.05, 0) is 46.6 Å². The van der Waals surface area contributed by atoms with E-state index in [-0.39, 0.29) is 17.4 Å². The molecule has 2 unspecified atom stereocenters. The van der Waals surface area contributed by atoms with Crippen molar-refractivity contribution in [1.29, 1.82) is 0 Å². The summed E-state index contributed by atoms with van der Waals surface area (Å²) in [6.45, 7) is 8.46. The number of alkyl carbamates (subject to hydrolysis) is 1. The highest BCUT2D eigenvalue weighted by molar-refractivity contribution is 7.84. The van der Waals surface area contributed by atoms with Crippen LogP contribution in [0.4, 0.5) is 4.79 Å². The zero-order valence-electron chi connectivity index (χ0n) is 13.2. The normalized spacial score (nSPS) is 25.4. The first-order valence-corrected chi connectivity index (χ1v) is 8.84. The molecule has 0 aromatic rings. The van der Waals surface area contributed by atoms with E-state index in [0.717, 1.165) is 25.8 Å². The monoisotopic (exact) mass is 304 g/mol. The Morgan fingerprint density at radius 1 is 1.35 bits per heavy atom. The van der Waals surface area contributed by atoms with Crippen LogP contribution in [0.1, 0.15) is 47.0 Å². The molecule has 0 radical (unpaired) electrons. The quantitative estimate of drug-likeness (QED) is 0.785. The Morgan fingerprint density at radius 2 is 1.95 bits per heavy atom. The number of amides is 1. The molecule has 0 aromatic heterocycles. The van der Waals surface area contributed by atoms with Gasteiger partial charge >= 0.3 is 6.09 Å². The maximum absolute atomic E-state index is 11.6. The van der Waals surface area contributed by atoms with Crippen LogP contribution in [-0.4, -0.2) is 46.0 Å². The molecule has 118 valence electrons. The van der Waals surface area contributed by atoms with Crippen molar-refractivity contribution in [1.82, 2.24) is 10.6 Å². The van der Waals surface area contributed by atoms with E-state index in [0.29, 0.717) is 6.04 Å². The van der Waals surface area contributed by atoms with Gasteiger partial charge in [-0.2, -0.15) is 0 Å². The summed E-state index contributed by atoms with van der Waals surface area (Å²) in [7, 11) is -0.747. The van der Waals surface area contributed by atoms with Crippen LogP contribution in [0.15, 0.2) is 0 Å². The molecule has 1 rings (SSSR count). The van der Waals surface area contributed by atoms with Gasteiger partial charge in [0.25, 0.3) is 0 Å². The van der Waals surface area contributed by atoms with Crippen LogP contribution in [0.3, 0.4) is 0 Å². The maximum Gasteiger partial charge on any atom is 0.407 e. The highest BCUT2D eigenvalue weighted by atomic mass is 32.2. The van der Waals surface area contributed by atoms with Crippen LogP contribution in [0, 0.1) is 0 Å². The van der Waals surface area contributed by atoms with Gasteiger partial charge in [-0.15, -0.1) is 0 Å². The third-order valence-electron chi connectivity index (χ3n) is 3.41. The molecule has 5 nitrogen and oxygen atoms in total. The molecule has 1 aliphatic carbocycles. The summed E-state index contributed by atoms with van der Waals surface area (Å²) in [4.78, 5) is 11.6. The first-order valence-electron chi connectivity index (χ1n) is 7.22. The standard InChI is InChI=1S/C14H28N2O3S/c1-10(20(5)18)6-7-15-11-8-12(9-11)16-13(17)19-14(2,3)4/h10-12,15H,6-9H2,1-5H3,(H,16,17). The Hall–Kier alpha value is -0.620. The van der Waals surface area contributed by atoms with Gasteiger partial charge in [-0.25, -0.2) is 4.79 Å². The number of ether oxygens (including phenoxy) is 1. The molecule has 1 aliphatic rings. The van der Waals surface area contributed by atoms with Crippen molar-refractivity contribution in [3.8, 4) is 0 Å². The third-order valence-corrected chi connectivity index (χ3v) is 4.78. The Balaban J connectivity index is 2.08. The molecule has 1 saturated carbocycles. The SMILES string of the molecule is CC(CCNC1CC(NC(=O)OC(C)(C)C)C1)S(C)=O. The first-order chi connectivity index (χ1) is 9.17. The molecule has 2 atom stereocenters. The van der Waals surface area contributed by atoms with E-state index in [1.54, 1.807) is 6.26 Å². The number of hydrogen-bond donors (Lipinski definition) is 2. The van der Waals surface area contributed by atoms with Gasteiger partial charge in [0.2, 0.25) is 0 Å². The molecular formula is C14H28N2O3S. The summed E-state index contributed by atoms with van der Waals surface area (Å²) in [5, 5.41) is 6.53. The minimum Gasteiger partial charge on any atom is -0.444 e. The zero-order valence-corrected chi connectivity index (χ0v) is 14.0. The molecule has 1 amide bonds. The second-order valence-corrected chi connectivity index (χ2v) is 8.37. The van der Waals surface area contributed by atoms with Crippen LogP contribution in [0.5, 0.6) is 0 Å². The smallest absolute Gasteiger partial charge is 0.407 e. The van der Waals surface area contributed by atoms with Crippen molar-refractivity contribution in [2.45, 2.75) is 69.9 Å². The lowest BCUT2D eigenvalue weighted by molar-refractivity contribution is 0.0465. The summed E-state index contributed by atoms with van der Waals surface area (Å²) in [6, 6.07) is 0.660. The molecule has 0 aliphatic heterocycles. The Kier molecular flexibility index (Phi) is 6.45. The van der Waals surface area contributed by atoms with Crippen molar-refractivity contribution in [3.63, 3.8) is 0 Å². The van der Waals surface area contributed by atoms with Crippen molar-refractivity contribution in [2.75, 3.05) is 12.8 Å². The number of carbonyl (C=O) groups excluding carboxylic acids is 1. The summed E-state index contributed by atoms with van der Waals surface area (Å²) in [5.41, 5.74) is -0.447. The van der Waals surface area contributed by atoms with E-state index in [4.69, 9.17) is 4.74 Å². The minimum absolute atomic E-state index is 0.208. The van der Waals surface area contributed by atoms with Crippen molar-refractivity contribution in [2.24, 2.45) is 0 Å². The summed E-state index contributed by atoms with van der Waals surface area (Å²) in [6.07, 6.45) is 4.19. The largest absolute Gasteiger partial charge is 0.444 e. The molecule has 0 bridgehead atoms. The number of rotatable bonds is 6. The molecule has 0 aromatic carbocycles. The lowest BCUT2D eigenvalue weighted by Crippen LogP contribution is -2.53. The number of nitrogens with one attached hydrogen (secondary N) is 2. The van der Waals surface area contributed by atoms with Gasteiger partial charge in [0.1, 0.15) is 5.60 Å². The van der Waals surface area contributed by atoms with Crippen molar-refractivity contribution >= 4 is 16.9 Å². The van der Waals surface area contributed by atoms with Crippen LogP contribution in [0.2, 0.25) is 0 Å². The summed E-state index contributed by atoms with van der Waals surface area (Å²) < 4.78 is 16.4. The van der Waals surface area contributed by atoms with Crippen LogP contribution in [-0.2, 0) is 15.5 Å². The highest BCUT2D eigenvalue weighted by Crippen LogP contribution is 2.20. The van der Waals surface area contributed by atoms with Gasteiger partial charge in [-0.1, -0.05) is 6.92 Å². The predicted molar refractivity (Wildman–Crippen MR) is 82.3 cm³/mol. The predicted octanol–water partition coefficient (Wildman–Crippen LogP) is 1.79. The van der Waals surface area contributed by atoms with Crippen LogP contribution >= 0.6 is 0 Å². The third kappa shape index (κ3) is 6.70. The van der Waals surface area contributed by atoms with E-state index in [1.807, 2.05) is 27.7 Å². The minimum atomic E-state index is -0.747. The number of carbonyl (C=O) groups is 1. The fraction of sp³-hybridized carbons (Fsp3) is 0.929. The average molecular weight is 304 g/mol. The second kappa shape index (κ2) is 7.41. The highest BCUT2D eigenvalue weighted by Gasteiger charge is 2.31. The van der Waals surface area contributed by atoms with Gasteiger partial charge < -0.3 is 15.4 Å². The molecular weight excluding hydrogens is 276 g/mol. The fourth-order valence-electron chi connectivity index (χ4n) is 2.03. The molecule has 20 heavy (non-hydrogen) atoms. The maximum atomic E-state index is 11.6. The molecule has 2 N–H and O–H groups in total. The fourth-order valence-corrected chi connectivity index (χ4v) is 2.48. The second-order valence-electron chi connectivity index (χ2n) is 6.56. The lowest BCUT2D eigenvalue weighted by Gasteiger charge is -2.37. The summed E-state index contributed by atoms with van der Waals surface area (Å²) >= 11 is 0. The van der Waals surface area contributed by atoms with E-state index >= 15 is 0 Å². The molecule has 1 fully saturated rings. The van der Waals surface area contributed by atoms with Crippen molar-refractivity contribution < 1.29 is 13.7 Å². The Morgan fingerprint density at radius 3 is 2.45 bits per heavy atom. The topological polar surface area (TPSA) is 67.4 Å². The van der Waals surface area contributed by atoms with Gasteiger partial charge in [0, 0.05) is 34.4 Å². The van der Waals surface area contributed by atoms with Gasteiger partial charge in [0.15, 0.2) is 0 Å². The Bertz CT molecular complexity index is 349. The van der Waals surface area contributed by atoms with Crippen LogP contribution in [0.25, 0.3) is 0 Å². The van der Waals surface area contributed by atoms with E-state index in [1.165, 1.54) is 0 Å². The van der Waals surface area contributed by atoms with Crippen LogP contribution < -0.4 is 10.6 Å². The molecule has 6 heteroatoms. The molecule has 0 saturated heterocycles. The lowest BCUT2D eigenvalue weighted by atomic mass is 9.87. The average Bonchev–Trinajstić information content (AvgIpc) is 2.22. The zero-order chi connectivity index (χ0) is 15.3. The van der Waals surface area contributed by atoms with Crippen molar-refractivity contribution in [3.05, 3.63) is 0 Å². The Labute approximate surface area is 124 Å². The van der Waals surface area contributed by atoms with E-state index < -0.39 is 16.4 Å². The van der Waals surface area contributed by atoms with Gasteiger partial charge in [0.05, 0.1) is 0 Å². The first kappa shape index (κ1) is 17.4. The molecule has 0 spiro atoms.